The molecule has 2 atom stereocenters. The first kappa shape index (κ1) is 15.0. The molecule has 2 rings (SSSR count). The third kappa shape index (κ3) is 3.58. The van der Waals surface area contributed by atoms with E-state index in [1.165, 1.54) is 23.4 Å². The number of benzene rings is 2. The van der Waals surface area contributed by atoms with Crippen LogP contribution < -0.4 is 5.73 Å². The Labute approximate surface area is 122 Å². The molecule has 0 bridgehead atoms. The van der Waals surface area contributed by atoms with Gasteiger partial charge in [-0.05, 0) is 30.7 Å². The Morgan fingerprint density at radius 2 is 1.65 bits per heavy atom. The molecule has 0 heterocycles. The van der Waals surface area contributed by atoms with Crippen LogP contribution in [-0.2, 0) is 0 Å². The summed E-state index contributed by atoms with van der Waals surface area (Å²) in [7, 11) is 0. The van der Waals surface area contributed by atoms with E-state index in [0.717, 1.165) is 11.6 Å². The summed E-state index contributed by atoms with van der Waals surface area (Å²) in [5, 5.41) is 0.0579. The van der Waals surface area contributed by atoms with Crippen LogP contribution in [-0.4, -0.2) is 5.25 Å². The lowest BCUT2D eigenvalue weighted by Gasteiger charge is -2.20. The molecule has 2 unspecified atom stereocenters. The summed E-state index contributed by atoms with van der Waals surface area (Å²) in [5.74, 6) is -1.66. The van der Waals surface area contributed by atoms with Crippen molar-refractivity contribution in [3.05, 3.63) is 65.2 Å². The van der Waals surface area contributed by atoms with Crippen molar-refractivity contribution in [3.8, 4) is 0 Å². The number of rotatable bonds is 4. The summed E-state index contributed by atoms with van der Waals surface area (Å²) in [4.78, 5) is 0.680. The van der Waals surface area contributed by atoms with E-state index in [1.807, 2.05) is 38.1 Å². The summed E-state index contributed by atoms with van der Waals surface area (Å²) in [6.45, 7) is 4.01. The molecule has 0 fully saturated rings. The Hall–Kier alpha value is -1.39. The standard InChI is InChI=1S/C16H17F2NS/c1-10-3-5-12(6-4-10)16(19)11(2)20-13-7-8-14(17)15(18)9-13/h3-9,11,16H,19H2,1-2H3. The zero-order valence-corrected chi connectivity index (χ0v) is 12.3. The second-order valence-electron chi connectivity index (χ2n) is 4.84. The fraction of sp³-hybridized carbons (Fsp3) is 0.250. The lowest BCUT2D eigenvalue weighted by atomic mass is 10.0. The average molecular weight is 293 g/mol. The van der Waals surface area contributed by atoms with Gasteiger partial charge in [-0.3, -0.25) is 0 Å². The van der Waals surface area contributed by atoms with Gasteiger partial charge >= 0.3 is 0 Å². The summed E-state index contributed by atoms with van der Waals surface area (Å²) >= 11 is 1.44. The molecule has 0 aliphatic heterocycles. The van der Waals surface area contributed by atoms with Gasteiger partial charge in [0.05, 0.1) is 0 Å². The third-order valence-electron chi connectivity index (χ3n) is 3.18. The lowest BCUT2D eigenvalue weighted by Crippen LogP contribution is -2.21. The van der Waals surface area contributed by atoms with Crippen LogP contribution >= 0.6 is 11.8 Å². The number of thioether (sulfide) groups is 1. The maximum absolute atomic E-state index is 13.2. The number of halogens is 2. The van der Waals surface area contributed by atoms with Crippen molar-refractivity contribution in [3.63, 3.8) is 0 Å². The van der Waals surface area contributed by atoms with Crippen molar-refractivity contribution in [2.75, 3.05) is 0 Å². The van der Waals surface area contributed by atoms with Crippen LogP contribution in [0.3, 0.4) is 0 Å². The topological polar surface area (TPSA) is 26.0 Å². The minimum Gasteiger partial charge on any atom is -0.323 e. The van der Waals surface area contributed by atoms with Crippen LogP contribution in [0.2, 0.25) is 0 Å². The number of aryl methyl sites for hydroxylation is 1. The molecule has 0 saturated carbocycles. The van der Waals surface area contributed by atoms with Crippen LogP contribution in [0.4, 0.5) is 8.78 Å². The van der Waals surface area contributed by atoms with E-state index in [9.17, 15) is 8.78 Å². The van der Waals surface area contributed by atoms with Gasteiger partial charge in [-0.25, -0.2) is 8.78 Å². The van der Waals surface area contributed by atoms with E-state index in [1.54, 1.807) is 6.07 Å². The van der Waals surface area contributed by atoms with Gasteiger partial charge in [0.1, 0.15) is 0 Å². The van der Waals surface area contributed by atoms with Crippen molar-refractivity contribution in [2.45, 2.75) is 30.0 Å². The zero-order chi connectivity index (χ0) is 14.7. The second-order valence-corrected chi connectivity index (χ2v) is 6.29. The van der Waals surface area contributed by atoms with Gasteiger partial charge < -0.3 is 5.73 Å². The van der Waals surface area contributed by atoms with Crippen molar-refractivity contribution in [2.24, 2.45) is 5.73 Å². The van der Waals surface area contributed by atoms with E-state index in [0.29, 0.717) is 4.90 Å². The van der Waals surface area contributed by atoms with Gasteiger partial charge in [0.15, 0.2) is 11.6 Å². The van der Waals surface area contributed by atoms with Gasteiger partial charge in [0, 0.05) is 16.2 Å². The van der Waals surface area contributed by atoms with Gasteiger partial charge in [-0.2, -0.15) is 0 Å². The van der Waals surface area contributed by atoms with Gasteiger partial charge in [-0.15, -0.1) is 11.8 Å². The predicted octanol–water partition coefficient (Wildman–Crippen LogP) is 4.45. The Morgan fingerprint density at radius 3 is 2.25 bits per heavy atom. The first-order valence-corrected chi connectivity index (χ1v) is 7.29. The number of hydrogen-bond donors (Lipinski definition) is 1. The van der Waals surface area contributed by atoms with E-state index in [4.69, 9.17) is 5.73 Å². The molecule has 0 aliphatic carbocycles. The highest BCUT2D eigenvalue weighted by Gasteiger charge is 2.16. The second kappa shape index (κ2) is 6.37. The molecule has 0 aliphatic rings. The van der Waals surface area contributed by atoms with Crippen molar-refractivity contribution >= 4 is 11.8 Å². The van der Waals surface area contributed by atoms with Gasteiger partial charge in [0.25, 0.3) is 0 Å². The zero-order valence-electron chi connectivity index (χ0n) is 11.4. The summed E-state index contributed by atoms with van der Waals surface area (Å²) in [6, 6.07) is 11.8. The van der Waals surface area contributed by atoms with E-state index >= 15 is 0 Å². The molecule has 1 nitrogen and oxygen atoms in total. The lowest BCUT2D eigenvalue weighted by molar-refractivity contribution is 0.506. The highest BCUT2D eigenvalue weighted by atomic mass is 32.2. The molecule has 2 N–H and O–H groups in total. The van der Waals surface area contributed by atoms with Gasteiger partial charge in [0.2, 0.25) is 0 Å². The van der Waals surface area contributed by atoms with Gasteiger partial charge in [-0.1, -0.05) is 36.8 Å². The maximum Gasteiger partial charge on any atom is 0.159 e. The summed E-state index contributed by atoms with van der Waals surface area (Å²) in [5.41, 5.74) is 8.44. The molecule has 20 heavy (non-hydrogen) atoms. The SMILES string of the molecule is Cc1ccc(C(N)C(C)Sc2ccc(F)c(F)c2)cc1. The first-order chi connectivity index (χ1) is 9.47. The van der Waals surface area contributed by atoms with Crippen LogP contribution in [0.25, 0.3) is 0 Å². The van der Waals surface area contributed by atoms with E-state index < -0.39 is 11.6 Å². The molecule has 2 aromatic rings. The molecular formula is C16H17F2NS. The smallest absolute Gasteiger partial charge is 0.159 e. The number of nitrogens with two attached hydrogens (primary N) is 1. The van der Waals surface area contributed by atoms with Crippen LogP contribution in [0.15, 0.2) is 47.4 Å². The van der Waals surface area contributed by atoms with Crippen LogP contribution in [0.1, 0.15) is 24.1 Å². The van der Waals surface area contributed by atoms with E-state index in [2.05, 4.69) is 0 Å². The minimum atomic E-state index is -0.829. The molecule has 0 saturated heterocycles. The Kier molecular flexibility index (Phi) is 4.78. The molecule has 0 aromatic heterocycles. The maximum atomic E-state index is 13.2. The monoisotopic (exact) mass is 293 g/mol. The quantitative estimate of drug-likeness (QED) is 0.843. The molecule has 106 valence electrons. The third-order valence-corrected chi connectivity index (χ3v) is 4.37. The Morgan fingerprint density at radius 1 is 1.00 bits per heavy atom. The molecule has 0 radical (unpaired) electrons. The molecule has 4 heteroatoms. The molecular weight excluding hydrogens is 276 g/mol. The van der Waals surface area contributed by atoms with Crippen molar-refractivity contribution < 1.29 is 8.78 Å². The van der Waals surface area contributed by atoms with E-state index in [-0.39, 0.29) is 11.3 Å². The molecule has 2 aromatic carbocycles. The van der Waals surface area contributed by atoms with Crippen LogP contribution in [0.5, 0.6) is 0 Å². The summed E-state index contributed by atoms with van der Waals surface area (Å²) in [6.07, 6.45) is 0. The Bertz CT molecular complexity index is 584. The average Bonchev–Trinajstić information content (AvgIpc) is 2.43. The largest absolute Gasteiger partial charge is 0.323 e. The van der Waals surface area contributed by atoms with Crippen LogP contribution in [0, 0.1) is 18.6 Å². The molecule has 0 spiro atoms. The normalized spacial score (nSPS) is 14.1. The fourth-order valence-electron chi connectivity index (χ4n) is 1.90. The van der Waals surface area contributed by atoms with Crippen molar-refractivity contribution in [1.29, 1.82) is 0 Å². The van der Waals surface area contributed by atoms with Crippen molar-refractivity contribution in [1.82, 2.24) is 0 Å². The highest BCUT2D eigenvalue weighted by molar-refractivity contribution is 8.00. The number of hydrogen-bond acceptors (Lipinski definition) is 2. The fourth-order valence-corrected chi connectivity index (χ4v) is 2.95. The summed E-state index contributed by atoms with van der Waals surface area (Å²) < 4.78 is 26.1. The Balaban J connectivity index is 2.08. The first-order valence-electron chi connectivity index (χ1n) is 6.41. The minimum absolute atomic E-state index is 0.0579. The highest BCUT2D eigenvalue weighted by Crippen LogP contribution is 2.31. The predicted molar refractivity (Wildman–Crippen MR) is 79.8 cm³/mol. The molecule has 0 amide bonds.